The molecule has 0 spiro atoms. The highest BCUT2D eigenvalue weighted by molar-refractivity contribution is 7.98. The van der Waals surface area contributed by atoms with Crippen molar-refractivity contribution in [3.63, 3.8) is 0 Å². The van der Waals surface area contributed by atoms with Gasteiger partial charge in [0, 0.05) is 5.75 Å². The fraction of sp³-hybridized carbons (Fsp3) is 0.0769. The van der Waals surface area contributed by atoms with E-state index in [4.69, 9.17) is 11.0 Å². The summed E-state index contributed by atoms with van der Waals surface area (Å²) in [6, 6.07) is 9.92. The molecule has 0 aliphatic carbocycles. The van der Waals surface area contributed by atoms with E-state index >= 15 is 0 Å². The van der Waals surface area contributed by atoms with Crippen LogP contribution < -0.4 is 5.73 Å². The van der Waals surface area contributed by atoms with Crippen molar-refractivity contribution in [3.8, 4) is 6.07 Å². The molecule has 1 aromatic carbocycles. The van der Waals surface area contributed by atoms with Crippen LogP contribution in [0.2, 0.25) is 0 Å². The molecule has 0 saturated carbocycles. The fourth-order valence-corrected chi connectivity index (χ4v) is 2.19. The number of pyridine rings is 1. The Labute approximate surface area is 108 Å². The standard InChI is InChI=1S/C13H10FN3S/c14-12-5-9(6-15)1-2-10(12)8-18-13-4-3-11(16)7-17-13/h1-5,7H,8,16H2. The van der Waals surface area contributed by atoms with Gasteiger partial charge in [0.15, 0.2) is 0 Å². The van der Waals surface area contributed by atoms with E-state index in [1.807, 2.05) is 6.07 Å². The molecule has 0 bridgehead atoms. The number of nitrogens with zero attached hydrogens (tertiary/aromatic N) is 2. The molecule has 90 valence electrons. The Morgan fingerprint density at radius 1 is 1.33 bits per heavy atom. The van der Waals surface area contributed by atoms with Crippen molar-refractivity contribution in [2.45, 2.75) is 10.8 Å². The Hall–Kier alpha value is -2.06. The summed E-state index contributed by atoms with van der Waals surface area (Å²) in [6.07, 6.45) is 1.57. The van der Waals surface area contributed by atoms with Gasteiger partial charge < -0.3 is 5.73 Å². The molecule has 0 amide bonds. The Balaban J connectivity index is 2.06. The van der Waals surface area contributed by atoms with Gasteiger partial charge in [0.2, 0.25) is 0 Å². The molecule has 3 nitrogen and oxygen atoms in total. The second-order valence-electron chi connectivity index (χ2n) is 3.64. The van der Waals surface area contributed by atoms with Crippen LogP contribution in [0, 0.1) is 17.1 Å². The van der Waals surface area contributed by atoms with E-state index in [2.05, 4.69) is 4.98 Å². The third-order valence-corrected chi connectivity index (χ3v) is 3.31. The summed E-state index contributed by atoms with van der Waals surface area (Å²) in [5, 5.41) is 9.43. The van der Waals surface area contributed by atoms with E-state index in [1.54, 1.807) is 30.5 Å². The summed E-state index contributed by atoms with van der Waals surface area (Å²) >= 11 is 1.42. The van der Waals surface area contributed by atoms with Gasteiger partial charge in [-0.15, -0.1) is 11.8 Å². The predicted octanol–water partition coefficient (Wildman–Crippen LogP) is 2.97. The molecule has 0 aliphatic rings. The fourth-order valence-electron chi connectivity index (χ4n) is 1.36. The molecule has 0 unspecified atom stereocenters. The van der Waals surface area contributed by atoms with Crippen LogP contribution in [-0.4, -0.2) is 4.98 Å². The third kappa shape index (κ3) is 2.99. The van der Waals surface area contributed by atoms with Crippen LogP contribution >= 0.6 is 11.8 Å². The maximum absolute atomic E-state index is 13.6. The van der Waals surface area contributed by atoms with E-state index in [9.17, 15) is 4.39 Å². The topological polar surface area (TPSA) is 62.7 Å². The highest BCUT2D eigenvalue weighted by Gasteiger charge is 2.05. The number of anilines is 1. The molecule has 1 heterocycles. The minimum absolute atomic E-state index is 0.326. The van der Waals surface area contributed by atoms with E-state index in [0.29, 0.717) is 22.6 Å². The third-order valence-electron chi connectivity index (χ3n) is 2.32. The molecule has 2 rings (SSSR count). The van der Waals surface area contributed by atoms with Crippen molar-refractivity contribution in [1.29, 1.82) is 5.26 Å². The molecule has 2 aromatic rings. The Kier molecular flexibility index (Phi) is 3.80. The number of rotatable bonds is 3. The molecule has 0 atom stereocenters. The zero-order valence-electron chi connectivity index (χ0n) is 9.43. The Bertz CT molecular complexity index is 590. The molecule has 5 heteroatoms. The van der Waals surface area contributed by atoms with E-state index in [-0.39, 0.29) is 5.82 Å². The molecule has 0 saturated heterocycles. The second-order valence-corrected chi connectivity index (χ2v) is 4.63. The summed E-state index contributed by atoms with van der Waals surface area (Å²) in [4.78, 5) is 4.12. The summed E-state index contributed by atoms with van der Waals surface area (Å²) in [7, 11) is 0. The molecule has 0 radical (unpaired) electrons. The van der Waals surface area contributed by atoms with Crippen molar-refractivity contribution < 1.29 is 4.39 Å². The first kappa shape index (κ1) is 12.4. The zero-order chi connectivity index (χ0) is 13.0. The van der Waals surface area contributed by atoms with Gasteiger partial charge in [-0.1, -0.05) is 6.07 Å². The van der Waals surface area contributed by atoms with Crippen molar-refractivity contribution >= 4 is 17.4 Å². The van der Waals surface area contributed by atoms with E-state index < -0.39 is 0 Å². The summed E-state index contributed by atoms with van der Waals surface area (Å²) in [5.74, 6) is 0.103. The number of hydrogen-bond donors (Lipinski definition) is 1. The monoisotopic (exact) mass is 259 g/mol. The molecular formula is C13H10FN3S. The Morgan fingerprint density at radius 2 is 2.17 bits per heavy atom. The van der Waals surface area contributed by atoms with Crippen LogP contribution in [0.5, 0.6) is 0 Å². The van der Waals surface area contributed by atoms with Crippen LogP contribution in [0.25, 0.3) is 0 Å². The number of halogens is 1. The molecule has 0 fully saturated rings. The number of aromatic nitrogens is 1. The van der Waals surface area contributed by atoms with Crippen LogP contribution in [0.15, 0.2) is 41.6 Å². The van der Waals surface area contributed by atoms with Gasteiger partial charge in [-0.2, -0.15) is 5.26 Å². The van der Waals surface area contributed by atoms with Gasteiger partial charge in [0.25, 0.3) is 0 Å². The normalized spacial score (nSPS) is 10.0. The van der Waals surface area contributed by atoms with Crippen molar-refractivity contribution in [1.82, 2.24) is 4.98 Å². The first-order valence-electron chi connectivity index (χ1n) is 5.22. The molecule has 0 aliphatic heterocycles. The molecular weight excluding hydrogens is 249 g/mol. The molecule has 1 aromatic heterocycles. The highest BCUT2D eigenvalue weighted by atomic mass is 32.2. The zero-order valence-corrected chi connectivity index (χ0v) is 10.2. The van der Waals surface area contributed by atoms with Gasteiger partial charge >= 0.3 is 0 Å². The van der Waals surface area contributed by atoms with Crippen molar-refractivity contribution in [3.05, 3.63) is 53.5 Å². The highest BCUT2D eigenvalue weighted by Crippen LogP contribution is 2.23. The average molecular weight is 259 g/mol. The lowest BCUT2D eigenvalue weighted by Gasteiger charge is -2.03. The SMILES string of the molecule is N#Cc1ccc(CSc2ccc(N)cn2)c(F)c1. The van der Waals surface area contributed by atoms with Crippen molar-refractivity contribution in [2.24, 2.45) is 0 Å². The van der Waals surface area contributed by atoms with Crippen LogP contribution in [0.1, 0.15) is 11.1 Å². The average Bonchev–Trinajstić information content (AvgIpc) is 2.39. The lowest BCUT2D eigenvalue weighted by atomic mass is 10.1. The minimum atomic E-state index is -0.364. The van der Waals surface area contributed by atoms with E-state index in [0.717, 1.165) is 5.03 Å². The first-order chi connectivity index (χ1) is 8.69. The number of benzene rings is 1. The second kappa shape index (κ2) is 5.52. The lowest BCUT2D eigenvalue weighted by molar-refractivity contribution is 0.617. The van der Waals surface area contributed by atoms with Crippen LogP contribution in [0.3, 0.4) is 0 Å². The van der Waals surface area contributed by atoms with Gasteiger partial charge in [-0.3, -0.25) is 0 Å². The minimum Gasteiger partial charge on any atom is -0.397 e. The van der Waals surface area contributed by atoms with Gasteiger partial charge in [-0.05, 0) is 29.8 Å². The largest absolute Gasteiger partial charge is 0.397 e. The van der Waals surface area contributed by atoms with Gasteiger partial charge in [0.1, 0.15) is 5.82 Å². The number of hydrogen-bond acceptors (Lipinski definition) is 4. The lowest BCUT2D eigenvalue weighted by Crippen LogP contribution is -1.91. The number of nitrogen functional groups attached to an aromatic ring is 1. The number of nitrogens with two attached hydrogens (primary N) is 1. The predicted molar refractivity (Wildman–Crippen MR) is 69.3 cm³/mol. The van der Waals surface area contributed by atoms with Crippen LogP contribution in [0.4, 0.5) is 10.1 Å². The molecule has 18 heavy (non-hydrogen) atoms. The quantitative estimate of drug-likeness (QED) is 0.861. The summed E-state index contributed by atoms with van der Waals surface area (Å²) in [5.41, 5.74) is 7.01. The van der Waals surface area contributed by atoms with Gasteiger partial charge in [0.05, 0.1) is 28.5 Å². The summed E-state index contributed by atoms with van der Waals surface area (Å²) in [6.45, 7) is 0. The van der Waals surface area contributed by atoms with E-state index in [1.165, 1.54) is 17.8 Å². The summed E-state index contributed by atoms with van der Waals surface area (Å²) < 4.78 is 13.6. The maximum Gasteiger partial charge on any atom is 0.128 e. The smallest absolute Gasteiger partial charge is 0.128 e. The first-order valence-corrected chi connectivity index (χ1v) is 6.20. The molecule has 2 N–H and O–H groups in total. The Morgan fingerprint density at radius 3 is 2.78 bits per heavy atom. The maximum atomic E-state index is 13.6. The number of nitriles is 1. The van der Waals surface area contributed by atoms with Gasteiger partial charge in [-0.25, -0.2) is 9.37 Å². The number of thioether (sulfide) groups is 1. The van der Waals surface area contributed by atoms with Crippen LogP contribution in [-0.2, 0) is 5.75 Å². The van der Waals surface area contributed by atoms with Crippen molar-refractivity contribution in [2.75, 3.05) is 5.73 Å².